The predicted octanol–water partition coefficient (Wildman–Crippen LogP) is 2.59. The van der Waals surface area contributed by atoms with Crippen LogP contribution in [0.15, 0.2) is 30.4 Å². The summed E-state index contributed by atoms with van der Waals surface area (Å²) in [6.45, 7) is 3.47. The van der Waals surface area contributed by atoms with Gasteiger partial charge in [0, 0.05) is 6.54 Å². The van der Waals surface area contributed by atoms with Gasteiger partial charge in [0.15, 0.2) is 11.6 Å². The third kappa shape index (κ3) is 4.13. The number of benzene rings is 1. The van der Waals surface area contributed by atoms with Gasteiger partial charge in [0.05, 0.1) is 0 Å². The van der Waals surface area contributed by atoms with Crippen LogP contribution in [0.5, 0.6) is 5.75 Å². The maximum atomic E-state index is 12.9. The summed E-state index contributed by atoms with van der Waals surface area (Å²) in [5.74, 6) is -0.865. The van der Waals surface area contributed by atoms with Crippen molar-refractivity contribution in [1.29, 1.82) is 0 Å². The number of halogens is 1. The van der Waals surface area contributed by atoms with Crippen LogP contribution in [0.2, 0.25) is 0 Å². The first-order chi connectivity index (χ1) is 7.24. The maximum Gasteiger partial charge on any atom is 0.165 e. The third-order valence-corrected chi connectivity index (χ3v) is 2.06. The van der Waals surface area contributed by atoms with Crippen molar-refractivity contribution >= 4 is 0 Å². The molecular weight excluding hydrogens is 193 g/mol. The van der Waals surface area contributed by atoms with Crippen molar-refractivity contribution in [2.75, 3.05) is 6.54 Å². The van der Waals surface area contributed by atoms with Crippen molar-refractivity contribution in [3.63, 3.8) is 0 Å². The van der Waals surface area contributed by atoms with Crippen molar-refractivity contribution < 1.29 is 9.50 Å². The zero-order valence-corrected chi connectivity index (χ0v) is 8.83. The summed E-state index contributed by atoms with van der Waals surface area (Å²) in [7, 11) is 0. The molecule has 0 unspecified atom stereocenters. The zero-order chi connectivity index (χ0) is 11.1. The number of phenolic OH excluding ortho intramolecular Hbond substituents is 1. The minimum Gasteiger partial charge on any atom is -0.505 e. The molecule has 0 aromatic heterocycles. The van der Waals surface area contributed by atoms with Crippen LogP contribution >= 0.6 is 0 Å². The van der Waals surface area contributed by atoms with Gasteiger partial charge in [-0.1, -0.05) is 18.2 Å². The first-order valence-corrected chi connectivity index (χ1v) is 5.03. The highest BCUT2D eigenvalue weighted by Gasteiger charge is 2.00. The van der Waals surface area contributed by atoms with Crippen LogP contribution in [-0.2, 0) is 6.54 Å². The van der Waals surface area contributed by atoms with Crippen molar-refractivity contribution in [2.24, 2.45) is 0 Å². The molecule has 0 aliphatic heterocycles. The van der Waals surface area contributed by atoms with Gasteiger partial charge in [-0.15, -0.1) is 0 Å². The lowest BCUT2D eigenvalue weighted by Gasteiger charge is -2.04. The van der Waals surface area contributed by atoms with E-state index in [0.29, 0.717) is 6.54 Å². The summed E-state index contributed by atoms with van der Waals surface area (Å²) < 4.78 is 12.9. The van der Waals surface area contributed by atoms with E-state index in [9.17, 15) is 4.39 Å². The number of nitrogens with one attached hydrogen (secondary N) is 1. The van der Waals surface area contributed by atoms with Gasteiger partial charge in [-0.3, -0.25) is 0 Å². The largest absolute Gasteiger partial charge is 0.505 e. The van der Waals surface area contributed by atoms with Gasteiger partial charge in [-0.2, -0.15) is 0 Å². The van der Waals surface area contributed by atoms with Crippen molar-refractivity contribution in [3.05, 3.63) is 41.7 Å². The molecule has 2 N–H and O–H groups in total. The molecule has 0 amide bonds. The van der Waals surface area contributed by atoms with Crippen LogP contribution in [0.1, 0.15) is 18.9 Å². The number of hydrogen-bond donors (Lipinski definition) is 2. The van der Waals surface area contributed by atoms with E-state index < -0.39 is 5.82 Å². The van der Waals surface area contributed by atoms with E-state index in [1.54, 1.807) is 6.07 Å². The highest BCUT2D eigenvalue weighted by Crippen LogP contribution is 2.15. The Hall–Kier alpha value is -1.35. The Morgan fingerprint density at radius 1 is 1.47 bits per heavy atom. The molecule has 0 aliphatic carbocycles. The number of phenols is 1. The molecule has 0 saturated carbocycles. The Labute approximate surface area is 89.4 Å². The van der Waals surface area contributed by atoms with Gasteiger partial charge in [0.2, 0.25) is 0 Å². The zero-order valence-electron chi connectivity index (χ0n) is 8.83. The number of allylic oxidation sites excluding steroid dienone is 1. The lowest BCUT2D eigenvalue weighted by molar-refractivity contribution is 0.431. The Morgan fingerprint density at radius 3 is 2.93 bits per heavy atom. The van der Waals surface area contributed by atoms with Crippen LogP contribution in [0.3, 0.4) is 0 Å². The summed E-state index contributed by atoms with van der Waals surface area (Å²) in [4.78, 5) is 0. The van der Waals surface area contributed by atoms with Gasteiger partial charge in [-0.05, 0) is 37.6 Å². The highest BCUT2D eigenvalue weighted by atomic mass is 19.1. The average Bonchev–Trinajstić information content (AvgIpc) is 2.23. The van der Waals surface area contributed by atoms with Crippen LogP contribution < -0.4 is 5.32 Å². The molecule has 1 aromatic rings. The molecule has 82 valence electrons. The second-order valence-electron chi connectivity index (χ2n) is 3.32. The SMILES string of the molecule is C/C=C/CCNCc1ccc(O)c(F)c1. The highest BCUT2D eigenvalue weighted by molar-refractivity contribution is 5.27. The molecule has 0 saturated heterocycles. The fraction of sp³-hybridized carbons (Fsp3) is 0.333. The van der Waals surface area contributed by atoms with Crippen molar-refractivity contribution in [3.8, 4) is 5.75 Å². The molecule has 0 fully saturated rings. The van der Waals surface area contributed by atoms with Gasteiger partial charge in [0.1, 0.15) is 0 Å². The molecule has 0 atom stereocenters. The molecule has 0 heterocycles. The maximum absolute atomic E-state index is 12.9. The van der Waals surface area contributed by atoms with E-state index >= 15 is 0 Å². The normalized spacial score (nSPS) is 11.1. The standard InChI is InChI=1S/C12H16FNO/c1-2-3-4-7-14-9-10-5-6-12(15)11(13)8-10/h2-3,5-6,8,14-15H,4,7,9H2,1H3/b3-2+. The van der Waals surface area contributed by atoms with Crippen LogP contribution in [0, 0.1) is 5.82 Å². The van der Waals surface area contributed by atoms with Crippen LogP contribution in [0.4, 0.5) is 4.39 Å². The van der Waals surface area contributed by atoms with Gasteiger partial charge in [0.25, 0.3) is 0 Å². The smallest absolute Gasteiger partial charge is 0.165 e. The Morgan fingerprint density at radius 2 is 2.27 bits per heavy atom. The van der Waals surface area contributed by atoms with Crippen molar-refractivity contribution in [1.82, 2.24) is 5.32 Å². The number of aromatic hydroxyl groups is 1. The van der Waals surface area contributed by atoms with E-state index in [0.717, 1.165) is 18.5 Å². The number of hydrogen-bond acceptors (Lipinski definition) is 2. The van der Waals surface area contributed by atoms with Crippen LogP contribution in [0.25, 0.3) is 0 Å². The summed E-state index contributed by atoms with van der Waals surface area (Å²) in [6.07, 6.45) is 5.05. The molecule has 0 spiro atoms. The summed E-state index contributed by atoms with van der Waals surface area (Å²) in [5.41, 5.74) is 0.839. The fourth-order valence-corrected chi connectivity index (χ4v) is 1.25. The quantitative estimate of drug-likeness (QED) is 0.577. The third-order valence-electron chi connectivity index (χ3n) is 2.06. The lowest BCUT2D eigenvalue weighted by Crippen LogP contribution is -2.14. The summed E-state index contributed by atoms with van der Waals surface area (Å²) in [5, 5.41) is 12.2. The molecule has 0 aliphatic rings. The minimum atomic E-state index is -0.567. The first-order valence-electron chi connectivity index (χ1n) is 5.03. The molecule has 1 aromatic carbocycles. The van der Waals surface area contributed by atoms with Gasteiger partial charge < -0.3 is 10.4 Å². The molecular formula is C12H16FNO. The van der Waals surface area contributed by atoms with Gasteiger partial charge >= 0.3 is 0 Å². The Bertz CT molecular complexity index is 336. The molecule has 1 rings (SSSR count). The molecule has 0 bridgehead atoms. The second kappa shape index (κ2) is 6.19. The Balaban J connectivity index is 2.34. The Kier molecular flexibility index (Phi) is 4.84. The van der Waals surface area contributed by atoms with Crippen LogP contribution in [-0.4, -0.2) is 11.7 Å². The summed E-state index contributed by atoms with van der Waals surface area (Å²) >= 11 is 0. The predicted molar refractivity (Wildman–Crippen MR) is 59.2 cm³/mol. The number of rotatable bonds is 5. The first kappa shape index (κ1) is 11.7. The van der Waals surface area contributed by atoms with E-state index in [1.165, 1.54) is 12.1 Å². The van der Waals surface area contributed by atoms with E-state index in [1.807, 2.05) is 13.0 Å². The second-order valence-corrected chi connectivity index (χ2v) is 3.32. The molecule has 15 heavy (non-hydrogen) atoms. The van der Waals surface area contributed by atoms with Gasteiger partial charge in [-0.25, -0.2) is 4.39 Å². The van der Waals surface area contributed by atoms with E-state index in [-0.39, 0.29) is 5.75 Å². The monoisotopic (exact) mass is 209 g/mol. The van der Waals surface area contributed by atoms with E-state index in [2.05, 4.69) is 11.4 Å². The molecule has 3 heteroatoms. The lowest BCUT2D eigenvalue weighted by atomic mass is 10.2. The fourth-order valence-electron chi connectivity index (χ4n) is 1.25. The van der Waals surface area contributed by atoms with E-state index in [4.69, 9.17) is 5.11 Å². The topological polar surface area (TPSA) is 32.3 Å². The molecule has 2 nitrogen and oxygen atoms in total. The average molecular weight is 209 g/mol. The minimum absolute atomic E-state index is 0.298. The van der Waals surface area contributed by atoms with Crippen molar-refractivity contribution in [2.45, 2.75) is 19.9 Å². The molecule has 0 radical (unpaired) electrons. The summed E-state index contributed by atoms with van der Waals surface area (Å²) in [6, 6.07) is 4.43.